The number of hydrogen-bond donors (Lipinski definition) is 1. The Labute approximate surface area is 98.3 Å². The molecule has 0 unspecified atom stereocenters. The lowest BCUT2D eigenvalue weighted by molar-refractivity contribution is 0.341. The molecule has 1 fully saturated rings. The van der Waals surface area contributed by atoms with E-state index in [4.69, 9.17) is 0 Å². The summed E-state index contributed by atoms with van der Waals surface area (Å²) in [4.78, 5) is 4.04. The second-order valence-corrected chi connectivity index (χ2v) is 4.86. The standard InChI is InChI=1S/C13H23N3/c1-2-5-13(6-3-1)11-14-7-4-9-16-10-8-15-12-16/h8,10,12-14H,1-7,9,11H2. The van der Waals surface area contributed by atoms with Gasteiger partial charge in [0.2, 0.25) is 0 Å². The van der Waals surface area contributed by atoms with Gasteiger partial charge in [-0.15, -0.1) is 0 Å². The average Bonchev–Trinajstić information content (AvgIpc) is 2.83. The van der Waals surface area contributed by atoms with Gasteiger partial charge in [-0.25, -0.2) is 4.98 Å². The van der Waals surface area contributed by atoms with Gasteiger partial charge in [0.25, 0.3) is 0 Å². The molecule has 1 saturated carbocycles. The van der Waals surface area contributed by atoms with Gasteiger partial charge in [-0.2, -0.15) is 0 Å². The molecule has 3 nitrogen and oxygen atoms in total. The molecule has 0 aromatic carbocycles. The van der Waals surface area contributed by atoms with Gasteiger partial charge in [-0.05, 0) is 38.3 Å². The predicted molar refractivity (Wildman–Crippen MR) is 66.3 cm³/mol. The van der Waals surface area contributed by atoms with Gasteiger partial charge in [-0.3, -0.25) is 0 Å². The molecule has 1 aromatic rings. The van der Waals surface area contributed by atoms with Crippen molar-refractivity contribution in [1.29, 1.82) is 0 Å². The van der Waals surface area contributed by atoms with E-state index in [9.17, 15) is 0 Å². The molecular weight excluding hydrogens is 198 g/mol. The number of hydrogen-bond acceptors (Lipinski definition) is 2. The largest absolute Gasteiger partial charge is 0.337 e. The highest BCUT2D eigenvalue weighted by molar-refractivity contribution is 4.74. The highest BCUT2D eigenvalue weighted by atomic mass is 15.0. The fourth-order valence-electron chi connectivity index (χ4n) is 2.50. The minimum absolute atomic E-state index is 0.946. The molecule has 1 heterocycles. The molecule has 0 aliphatic heterocycles. The van der Waals surface area contributed by atoms with Gasteiger partial charge in [-0.1, -0.05) is 19.3 Å². The van der Waals surface area contributed by atoms with Gasteiger partial charge < -0.3 is 9.88 Å². The molecule has 0 spiro atoms. The topological polar surface area (TPSA) is 29.9 Å². The van der Waals surface area contributed by atoms with Crippen molar-refractivity contribution in [1.82, 2.24) is 14.9 Å². The molecule has 0 atom stereocenters. The summed E-state index contributed by atoms with van der Waals surface area (Å²) < 4.78 is 2.14. The summed E-state index contributed by atoms with van der Waals surface area (Å²) in [6, 6.07) is 0. The van der Waals surface area contributed by atoms with E-state index in [0.717, 1.165) is 19.0 Å². The van der Waals surface area contributed by atoms with Gasteiger partial charge in [0, 0.05) is 18.9 Å². The second-order valence-electron chi connectivity index (χ2n) is 4.86. The van der Waals surface area contributed by atoms with Crippen LogP contribution < -0.4 is 5.32 Å². The molecule has 2 rings (SSSR count). The van der Waals surface area contributed by atoms with Crippen LogP contribution in [0.3, 0.4) is 0 Å². The van der Waals surface area contributed by atoms with Crippen LogP contribution >= 0.6 is 0 Å². The Balaban J connectivity index is 1.48. The first-order valence-electron chi connectivity index (χ1n) is 6.61. The summed E-state index contributed by atoms with van der Waals surface area (Å²) in [5, 5.41) is 3.58. The van der Waals surface area contributed by atoms with E-state index in [0.29, 0.717) is 0 Å². The van der Waals surface area contributed by atoms with E-state index < -0.39 is 0 Å². The van der Waals surface area contributed by atoms with E-state index in [1.807, 2.05) is 18.7 Å². The van der Waals surface area contributed by atoms with Crippen LogP contribution in [0, 0.1) is 5.92 Å². The van der Waals surface area contributed by atoms with E-state index in [1.54, 1.807) is 0 Å². The maximum absolute atomic E-state index is 4.04. The summed E-state index contributed by atoms with van der Waals surface area (Å²) in [5.74, 6) is 0.946. The first-order chi connectivity index (χ1) is 7.95. The summed E-state index contributed by atoms with van der Waals surface area (Å²) in [7, 11) is 0. The lowest BCUT2D eigenvalue weighted by Gasteiger charge is -2.21. The molecule has 1 aliphatic carbocycles. The molecule has 0 radical (unpaired) electrons. The lowest BCUT2D eigenvalue weighted by atomic mass is 9.89. The monoisotopic (exact) mass is 221 g/mol. The van der Waals surface area contributed by atoms with E-state index >= 15 is 0 Å². The van der Waals surface area contributed by atoms with Crippen molar-refractivity contribution in [2.24, 2.45) is 5.92 Å². The van der Waals surface area contributed by atoms with Crippen LogP contribution in [0.2, 0.25) is 0 Å². The van der Waals surface area contributed by atoms with Crippen molar-refractivity contribution >= 4 is 0 Å². The minimum Gasteiger partial charge on any atom is -0.337 e. The fourth-order valence-corrected chi connectivity index (χ4v) is 2.50. The second kappa shape index (κ2) is 6.69. The average molecular weight is 221 g/mol. The molecule has 16 heavy (non-hydrogen) atoms. The van der Waals surface area contributed by atoms with Crippen molar-refractivity contribution in [2.45, 2.75) is 45.1 Å². The van der Waals surface area contributed by atoms with E-state index in [-0.39, 0.29) is 0 Å². The molecular formula is C13H23N3. The Kier molecular flexibility index (Phi) is 4.87. The number of nitrogens with one attached hydrogen (secondary N) is 1. The summed E-state index contributed by atoms with van der Waals surface area (Å²) >= 11 is 0. The number of imidazole rings is 1. The van der Waals surface area contributed by atoms with Crippen LogP contribution in [-0.4, -0.2) is 22.6 Å². The van der Waals surface area contributed by atoms with Crippen molar-refractivity contribution in [2.75, 3.05) is 13.1 Å². The number of nitrogens with zero attached hydrogens (tertiary/aromatic N) is 2. The number of rotatable bonds is 6. The molecule has 0 amide bonds. The first-order valence-corrected chi connectivity index (χ1v) is 6.61. The smallest absolute Gasteiger partial charge is 0.0945 e. The van der Waals surface area contributed by atoms with Crippen molar-refractivity contribution in [3.63, 3.8) is 0 Å². The maximum atomic E-state index is 4.04. The number of aryl methyl sites for hydroxylation is 1. The van der Waals surface area contributed by atoms with Crippen LogP contribution in [0.1, 0.15) is 38.5 Å². The van der Waals surface area contributed by atoms with Crippen LogP contribution in [0.4, 0.5) is 0 Å². The van der Waals surface area contributed by atoms with Gasteiger partial charge in [0.15, 0.2) is 0 Å². The Hall–Kier alpha value is -0.830. The zero-order valence-corrected chi connectivity index (χ0v) is 10.1. The van der Waals surface area contributed by atoms with E-state index in [2.05, 4.69) is 14.9 Å². The maximum Gasteiger partial charge on any atom is 0.0945 e. The third-order valence-electron chi connectivity index (χ3n) is 3.49. The molecule has 1 aliphatic rings. The highest BCUT2D eigenvalue weighted by Crippen LogP contribution is 2.22. The van der Waals surface area contributed by atoms with Crippen LogP contribution in [0.25, 0.3) is 0 Å². The van der Waals surface area contributed by atoms with Gasteiger partial charge in [0.05, 0.1) is 6.33 Å². The third-order valence-corrected chi connectivity index (χ3v) is 3.49. The Morgan fingerprint density at radius 2 is 2.12 bits per heavy atom. The third kappa shape index (κ3) is 3.97. The zero-order chi connectivity index (χ0) is 11.1. The number of aromatic nitrogens is 2. The van der Waals surface area contributed by atoms with Gasteiger partial charge >= 0.3 is 0 Å². The molecule has 0 bridgehead atoms. The van der Waals surface area contributed by atoms with Crippen molar-refractivity contribution in [3.05, 3.63) is 18.7 Å². The lowest BCUT2D eigenvalue weighted by Crippen LogP contribution is -2.25. The Morgan fingerprint density at radius 3 is 2.88 bits per heavy atom. The molecule has 1 N–H and O–H groups in total. The first kappa shape index (κ1) is 11.6. The quantitative estimate of drug-likeness (QED) is 0.748. The summed E-state index contributed by atoms with van der Waals surface area (Å²) in [6.07, 6.45) is 14.2. The molecule has 3 heteroatoms. The van der Waals surface area contributed by atoms with Gasteiger partial charge in [0.1, 0.15) is 0 Å². The van der Waals surface area contributed by atoms with Crippen LogP contribution in [0.15, 0.2) is 18.7 Å². The Morgan fingerprint density at radius 1 is 1.25 bits per heavy atom. The molecule has 90 valence electrons. The van der Waals surface area contributed by atoms with Crippen molar-refractivity contribution < 1.29 is 0 Å². The fraction of sp³-hybridized carbons (Fsp3) is 0.769. The van der Waals surface area contributed by atoms with E-state index in [1.165, 1.54) is 45.1 Å². The van der Waals surface area contributed by atoms with Crippen molar-refractivity contribution in [3.8, 4) is 0 Å². The van der Waals surface area contributed by atoms with Crippen LogP contribution in [-0.2, 0) is 6.54 Å². The zero-order valence-electron chi connectivity index (χ0n) is 10.1. The predicted octanol–water partition coefficient (Wildman–Crippen LogP) is 2.44. The summed E-state index contributed by atoms with van der Waals surface area (Å²) in [5.41, 5.74) is 0. The Bertz CT molecular complexity index is 263. The molecule has 1 aromatic heterocycles. The molecule has 0 saturated heterocycles. The summed E-state index contributed by atoms with van der Waals surface area (Å²) in [6.45, 7) is 3.44. The SMILES string of the molecule is c1cn(CCCNCC2CCCCC2)cn1. The normalized spacial score (nSPS) is 17.8. The minimum atomic E-state index is 0.946. The highest BCUT2D eigenvalue weighted by Gasteiger charge is 2.11. The van der Waals surface area contributed by atoms with Crippen LogP contribution in [0.5, 0.6) is 0 Å².